The van der Waals surface area contributed by atoms with Gasteiger partial charge in [-0.25, -0.2) is 0 Å². The predicted octanol–water partition coefficient (Wildman–Crippen LogP) is 13.1. The number of hydrogen-bond donors (Lipinski definition) is 0. The minimum atomic E-state index is 1.12. The Hall–Kier alpha value is -6.18. The van der Waals surface area contributed by atoms with Crippen LogP contribution in [-0.4, -0.2) is 0 Å². The first-order valence-electron chi connectivity index (χ1n) is 16.2. The third-order valence-electron chi connectivity index (χ3n) is 9.42. The maximum atomic E-state index is 2.38. The molecule has 47 heavy (non-hydrogen) atoms. The molecule has 0 atom stereocenters. The number of benzene rings is 9. The smallest absolute Gasteiger partial charge is 0.0540 e. The topological polar surface area (TPSA) is 3.24 Å². The molecule has 9 aromatic carbocycles. The molecule has 0 aromatic heterocycles. The SMILES string of the molecule is c1ccc(-c2ccccc2N(c2ccc(-c3ccc4c(ccc5c6ccccc6ccc45)c3)cc2)c2ccc3ccccc3c2)cc1. The van der Waals surface area contributed by atoms with Crippen molar-refractivity contribution in [1.29, 1.82) is 0 Å². The fourth-order valence-electron chi connectivity index (χ4n) is 7.09. The van der Waals surface area contributed by atoms with E-state index >= 15 is 0 Å². The van der Waals surface area contributed by atoms with E-state index in [1.165, 1.54) is 65.3 Å². The molecule has 0 fully saturated rings. The van der Waals surface area contributed by atoms with Crippen molar-refractivity contribution < 1.29 is 0 Å². The first-order chi connectivity index (χ1) is 23.3. The number of fused-ring (bicyclic) bond motifs is 6. The van der Waals surface area contributed by atoms with Gasteiger partial charge in [0.2, 0.25) is 0 Å². The molecule has 0 N–H and O–H groups in total. The van der Waals surface area contributed by atoms with Gasteiger partial charge in [-0.15, -0.1) is 0 Å². The highest BCUT2D eigenvalue weighted by molar-refractivity contribution is 6.17. The van der Waals surface area contributed by atoms with E-state index in [2.05, 4.69) is 193 Å². The monoisotopic (exact) mass is 597 g/mol. The predicted molar refractivity (Wildman–Crippen MR) is 202 cm³/mol. The van der Waals surface area contributed by atoms with E-state index in [-0.39, 0.29) is 0 Å². The van der Waals surface area contributed by atoms with Gasteiger partial charge in [0.05, 0.1) is 5.69 Å². The Labute approximate surface area is 274 Å². The summed E-state index contributed by atoms with van der Waals surface area (Å²) in [4.78, 5) is 2.38. The highest BCUT2D eigenvalue weighted by Crippen LogP contribution is 2.42. The van der Waals surface area contributed by atoms with Gasteiger partial charge in [-0.2, -0.15) is 0 Å². The number of nitrogens with zero attached hydrogens (tertiary/aromatic N) is 1. The molecule has 0 saturated heterocycles. The summed E-state index contributed by atoms with van der Waals surface area (Å²) in [6, 6.07) is 68.2. The van der Waals surface area contributed by atoms with Crippen molar-refractivity contribution in [2.45, 2.75) is 0 Å². The van der Waals surface area contributed by atoms with Gasteiger partial charge < -0.3 is 4.90 Å². The van der Waals surface area contributed by atoms with E-state index in [0.717, 1.165) is 17.1 Å². The molecule has 0 radical (unpaired) electrons. The second kappa shape index (κ2) is 11.3. The molecule has 0 heterocycles. The number of hydrogen-bond acceptors (Lipinski definition) is 1. The molecule has 0 aliphatic rings. The van der Waals surface area contributed by atoms with Crippen molar-refractivity contribution in [3.05, 3.63) is 188 Å². The summed E-state index contributed by atoms with van der Waals surface area (Å²) in [6.45, 7) is 0. The largest absolute Gasteiger partial charge is 0.310 e. The Morgan fingerprint density at radius 1 is 0.277 bits per heavy atom. The van der Waals surface area contributed by atoms with Crippen LogP contribution < -0.4 is 4.90 Å². The normalized spacial score (nSPS) is 11.4. The van der Waals surface area contributed by atoms with Crippen molar-refractivity contribution in [2.24, 2.45) is 0 Å². The van der Waals surface area contributed by atoms with Crippen LogP contribution in [0.3, 0.4) is 0 Å². The zero-order valence-corrected chi connectivity index (χ0v) is 25.8. The van der Waals surface area contributed by atoms with Gasteiger partial charge in [0.25, 0.3) is 0 Å². The average Bonchev–Trinajstić information content (AvgIpc) is 3.15. The zero-order valence-electron chi connectivity index (χ0n) is 25.8. The van der Waals surface area contributed by atoms with Crippen molar-refractivity contribution in [2.75, 3.05) is 4.90 Å². The third kappa shape index (κ3) is 4.81. The quantitative estimate of drug-likeness (QED) is 0.178. The average molecular weight is 598 g/mol. The zero-order chi connectivity index (χ0) is 31.2. The third-order valence-corrected chi connectivity index (χ3v) is 9.42. The summed E-state index contributed by atoms with van der Waals surface area (Å²) in [5.41, 5.74) is 8.19. The number of para-hydroxylation sites is 1. The summed E-state index contributed by atoms with van der Waals surface area (Å²) >= 11 is 0. The second-order valence-electron chi connectivity index (χ2n) is 12.2. The maximum absolute atomic E-state index is 2.38. The Morgan fingerprint density at radius 3 is 1.68 bits per heavy atom. The summed E-state index contributed by atoms with van der Waals surface area (Å²) < 4.78 is 0. The van der Waals surface area contributed by atoms with E-state index in [4.69, 9.17) is 0 Å². The first-order valence-corrected chi connectivity index (χ1v) is 16.2. The molecule has 220 valence electrons. The van der Waals surface area contributed by atoms with Gasteiger partial charge in [0.15, 0.2) is 0 Å². The maximum Gasteiger partial charge on any atom is 0.0540 e. The van der Waals surface area contributed by atoms with Crippen molar-refractivity contribution in [3.63, 3.8) is 0 Å². The first kappa shape index (κ1) is 27.2. The summed E-state index contributed by atoms with van der Waals surface area (Å²) in [7, 11) is 0. The van der Waals surface area contributed by atoms with Crippen molar-refractivity contribution in [1.82, 2.24) is 0 Å². The molecular weight excluding hydrogens is 567 g/mol. The lowest BCUT2D eigenvalue weighted by molar-refractivity contribution is 1.29. The lowest BCUT2D eigenvalue weighted by Gasteiger charge is -2.28. The number of rotatable bonds is 5. The highest BCUT2D eigenvalue weighted by Gasteiger charge is 2.17. The van der Waals surface area contributed by atoms with Crippen LogP contribution >= 0.6 is 0 Å². The fraction of sp³-hybridized carbons (Fsp3) is 0. The molecule has 9 aromatic rings. The minimum Gasteiger partial charge on any atom is -0.310 e. The molecule has 1 heteroatoms. The molecule has 0 aliphatic carbocycles. The second-order valence-corrected chi connectivity index (χ2v) is 12.2. The van der Waals surface area contributed by atoms with Gasteiger partial charge >= 0.3 is 0 Å². The van der Waals surface area contributed by atoms with Crippen LogP contribution in [0.25, 0.3) is 65.3 Å². The Bertz CT molecular complexity index is 2560. The Morgan fingerprint density at radius 2 is 0.851 bits per heavy atom. The van der Waals surface area contributed by atoms with Gasteiger partial charge in [-0.3, -0.25) is 0 Å². The molecule has 9 rings (SSSR count). The van der Waals surface area contributed by atoms with Crippen LogP contribution in [0.4, 0.5) is 17.1 Å². The molecule has 0 bridgehead atoms. The molecule has 1 nitrogen and oxygen atoms in total. The fourth-order valence-corrected chi connectivity index (χ4v) is 7.09. The van der Waals surface area contributed by atoms with Crippen LogP contribution in [0.1, 0.15) is 0 Å². The summed E-state index contributed by atoms with van der Waals surface area (Å²) in [5, 5.41) is 10.2. The van der Waals surface area contributed by atoms with E-state index < -0.39 is 0 Å². The van der Waals surface area contributed by atoms with E-state index in [0.29, 0.717) is 0 Å². The Kier molecular flexibility index (Phi) is 6.54. The molecule has 0 unspecified atom stereocenters. The highest BCUT2D eigenvalue weighted by atomic mass is 15.1. The van der Waals surface area contributed by atoms with Crippen LogP contribution in [0.5, 0.6) is 0 Å². The van der Waals surface area contributed by atoms with E-state index in [1.807, 2.05) is 0 Å². The molecule has 0 saturated carbocycles. The molecule has 0 aliphatic heterocycles. The number of anilines is 3. The van der Waals surface area contributed by atoms with Crippen LogP contribution in [0.2, 0.25) is 0 Å². The minimum absolute atomic E-state index is 1.12. The molecule has 0 spiro atoms. The van der Waals surface area contributed by atoms with E-state index in [1.54, 1.807) is 0 Å². The van der Waals surface area contributed by atoms with Crippen LogP contribution in [0.15, 0.2) is 188 Å². The van der Waals surface area contributed by atoms with Gasteiger partial charge in [-0.1, -0.05) is 152 Å². The van der Waals surface area contributed by atoms with Crippen molar-refractivity contribution >= 4 is 60.2 Å². The van der Waals surface area contributed by atoms with E-state index in [9.17, 15) is 0 Å². The van der Waals surface area contributed by atoms with Crippen molar-refractivity contribution in [3.8, 4) is 22.3 Å². The van der Waals surface area contributed by atoms with Gasteiger partial charge in [-0.05, 0) is 96.2 Å². The van der Waals surface area contributed by atoms with Crippen LogP contribution in [0, 0.1) is 0 Å². The molecule has 0 amide bonds. The lowest BCUT2D eigenvalue weighted by Crippen LogP contribution is -2.11. The standard InChI is InChI=1S/C46H31N/c1-2-11-34(12-3-1)43-16-8-9-17-46(43)47(40-26-20-32-10-4-5-14-36(32)31-40)39-24-18-33(19-25-39)37-22-27-42-38(30-37)23-29-44-41-15-7-6-13-35(41)21-28-45(42)44/h1-31H. The van der Waals surface area contributed by atoms with Gasteiger partial charge in [0.1, 0.15) is 0 Å². The van der Waals surface area contributed by atoms with Crippen LogP contribution in [-0.2, 0) is 0 Å². The summed E-state index contributed by atoms with van der Waals surface area (Å²) in [5.74, 6) is 0. The lowest BCUT2D eigenvalue weighted by atomic mass is 9.94. The molecular formula is C46H31N. The van der Waals surface area contributed by atoms with Gasteiger partial charge in [0, 0.05) is 16.9 Å². The Balaban J connectivity index is 1.15. The summed E-state index contributed by atoms with van der Waals surface area (Å²) in [6.07, 6.45) is 0.